The van der Waals surface area contributed by atoms with E-state index in [0.29, 0.717) is 11.8 Å². The van der Waals surface area contributed by atoms with Crippen molar-refractivity contribution in [2.24, 2.45) is 0 Å². The van der Waals surface area contributed by atoms with Crippen LogP contribution in [0, 0.1) is 0 Å². The second-order valence-electron chi connectivity index (χ2n) is 2.47. The standard InChI is InChI=1S/C8H6N2O3/c11-5-4-10-6-2-1-3-9-7(6)13-8(10)12/h1-3,5H,4H2. The van der Waals surface area contributed by atoms with Crippen LogP contribution < -0.4 is 5.76 Å². The predicted molar refractivity (Wildman–Crippen MR) is 44.3 cm³/mol. The predicted octanol–water partition coefficient (Wildman–Crippen LogP) is 0.188. The summed E-state index contributed by atoms with van der Waals surface area (Å²) in [6, 6.07) is 3.36. The summed E-state index contributed by atoms with van der Waals surface area (Å²) < 4.78 is 6.02. The third kappa shape index (κ3) is 1.14. The monoisotopic (exact) mass is 178 g/mol. The van der Waals surface area contributed by atoms with Crippen molar-refractivity contribution in [1.29, 1.82) is 0 Å². The minimum absolute atomic E-state index is 0.00245. The average molecular weight is 178 g/mol. The van der Waals surface area contributed by atoms with Gasteiger partial charge in [0.2, 0.25) is 5.71 Å². The van der Waals surface area contributed by atoms with E-state index in [2.05, 4.69) is 4.98 Å². The van der Waals surface area contributed by atoms with E-state index in [4.69, 9.17) is 4.42 Å². The molecular weight excluding hydrogens is 172 g/mol. The van der Waals surface area contributed by atoms with Gasteiger partial charge in [0.25, 0.3) is 0 Å². The summed E-state index contributed by atoms with van der Waals surface area (Å²) >= 11 is 0. The number of hydrogen-bond donors (Lipinski definition) is 0. The fourth-order valence-corrected chi connectivity index (χ4v) is 1.15. The highest BCUT2D eigenvalue weighted by atomic mass is 16.4. The van der Waals surface area contributed by atoms with E-state index in [1.54, 1.807) is 12.1 Å². The van der Waals surface area contributed by atoms with Crippen molar-refractivity contribution < 1.29 is 9.21 Å². The molecule has 0 saturated heterocycles. The molecular formula is C8H6N2O3. The zero-order valence-corrected chi connectivity index (χ0v) is 6.64. The Hall–Kier alpha value is -1.91. The number of fused-ring (bicyclic) bond motifs is 1. The smallest absolute Gasteiger partial charge is 0.389 e. The summed E-state index contributed by atoms with van der Waals surface area (Å²) in [6.45, 7) is -0.00245. The molecule has 0 atom stereocenters. The van der Waals surface area contributed by atoms with Crippen molar-refractivity contribution in [3.8, 4) is 0 Å². The van der Waals surface area contributed by atoms with Crippen LogP contribution in [0.1, 0.15) is 0 Å². The lowest BCUT2D eigenvalue weighted by Gasteiger charge is -1.91. The van der Waals surface area contributed by atoms with E-state index in [0.717, 1.165) is 0 Å². The van der Waals surface area contributed by atoms with Crippen LogP contribution in [-0.2, 0) is 11.3 Å². The van der Waals surface area contributed by atoms with Crippen molar-refractivity contribution in [1.82, 2.24) is 9.55 Å². The third-order valence-electron chi connectivity index (χ3n) is 1.70. The van der Waals surface area contributed by atoms with Gasteiger partial charge in [0.15, 0.2) is 0 Å². The fourth-order valence-electron chi connectivity index (χ4n) is 1.15. The molecule has 0 bridgehead atoms. The largest absolute Gasteiger partial charge is 0.421 e. The lowest BCUT2D eigenvalue weighted by atomic mass is 10.4. The zero-order valence-electron chi connectivity index (χ0n) is 6.64. The molecule has 0 saturated carbocycles. The minimum atomic E-state index is -0.555. The van der Waals surface area contributed by atoms with Crippen LogP contribution in [0.3, 0.4) is 0 Å². The highest BCUT2D eigenvalue weighted by molar-refractivity contribution is 5.69. The Morgan fingerprint density at radius 2 is 2.46 bits per heavy atom. The Kier molecular flexibility index (Phi) is 1.70. The van der Waals surface area contributed by atoms with Crippen LogP contribution in [0.15, 0.2) is 27.5 Å². The van der Waals surface area contributed by atoms with Crippen molar-refractivity contribution in [3.05, 3.63) is 28.9 Å². The molecule has 0 fully saturated rings. The Bertz CT molecular complexity index is 497. The average Bonchev–Trinajstić information content (AvgIpc) is 2.44. The molecule has 0 unspecified atom stereocenters. The summed E-state index contributed by atoms with van der Waals surface area (Å²) in [5, 5.41) is 0. The maximum absolute atomic E-state index is 11.1. The molecule has 13 heavy (non-hydrogen) atoms. The van der Waals surface area contributed by atoms with Crippen molar-refractivity contribution in [2.45, 2.75) is 6.54 Å². The van der Waals surface area contributed by atoms with Gasteiger partial charge in [-0.3, -0.25) is 4.57 Å². The number of carbonyl (C=O) groups excluding carboxylic acids is 1. The molecule has 2 heterocycles. The number of nitrogens with zero attached hydrogens (tertiary/aromatic N) is 2. The number of carbonyl (C=O) groups is 1. The van der Waals surface area contributed by atoms with E-state index in [-0.39, 0.29) is 12.3 Å². The molecule has 0 aliphatic carbocycles. The summed E-state index contributed by atoms with van der Waals surface area (Å²) in [4.78, 5) is 25.2. The second-order valence-corrected chi connectivity index (χ2v) is 2.47. The van der Waals surface area contributed by atoms with Crippen LogP contribution in [0.4, 0.5) is 0 Å². The molecule has 0 aliphatic heterocycles. The SMILES string of the molecule is O=CCn1c(=O)oc2ncccc21. The molecule has 66 valence electrons. The molecule has 0 radical (unpaired) electrons. The first-order chi connectivity index (χ1) is 6.33. The number of hydrogen-bond acceptors (Lipinski definition) is 4. The van der Waals surface area contributed by atoms with Gasteiger partial charge in [-0.2, -0.15) is 0 Å². The Labute approximate surface area is 72.6 Å². The Balaban J connectivity index is 2.78. The van der Waals surface area contributed by atoms with E-state index in [1.165, 1.54) is 10.8 Å². The van der Waals surface area contributed by atoms with Gasteiger partial charge in [-0.15, -0.1) is 0 Å². The van der Waals surface area contributed by atoms with Crippen LogP contribution >= 0.6 is 0 Å². The lowest BCUT2D eigenvalue weighted by Crippen LogP contribution is -2.14. The highest BCUT2D eigenvalue weighted by Gasteiger charge is 2.07. The van der Waals surface area contributed by atoms with E-state index in [1.807, 2.05) is 0 Å². The minimum Gasteiger partial charge on any atom is -0.389 e. The molecule has 5 nitrogen and oxygen atoms in total. The normalized spacial score (nSPS) is 10.5. The van der Waals surface area contributed by atoms with Gasteiger partial charge >= 0.3 is 5.76 Å². The highest BCUT2D eigenvalue weighted by Crippen LogP contribution is 2.07. The summed E-state index contributed by atoms with van der Waals surface area (Å²) in [5.41, 5.74) is 0.800. The number of oxazole rings is 1. The van der Waals surface area contributed by atoms with Crippen molar-refractivity contribution in [3.63, 3.8) is 0 Å². The Morgan fingerprint density at radius 1 is 1.62 bits per heavy atom. The molecule has 2 aromatic rings. The topological polar surface area (TPSA) is 65.1 Å². The van der Waals surface area contributed by atoms with Gasteiger partial charge in [0, 0.05) is 6.20 Å². The van der Waals surface area contributed by atoms with Gasteiger partial charge in [-0.05, 0) is 12.1 Å². The second kappa shape index (κ2) is 2.85. The molecule has 0 spiro atoms. The summed E-state index contributed by atoms with van der Waals surface area (Å²) in [6.07, 6.45) is 2.17. The number of aromatic nitrogens is 2. The van der Waals surface area contributed by atoms with E-state index in [9.17, 15) is 9.59 Å². The Morgan fingerprint density at radius 3 is 3.23 bits per heavy atom. The van der Waals surface area contributed by atoms with Crippen molar-refractivity contribution >= 4 is 17.5 Å². The lowest BCUT2D eigenvalue weighted by molar-refractivity contribution is -0.108. The summed E-state index contributed by atoms with van der Waals surface area (Å²) in [7, 11) is 0. The molecule has 0 N–H and O–H groups in total. The van der Waals surface area contributed by atoms with E-state index < -0.39 is 5.76 Å². The van der Waals surface area contributed by atoms with Crippen LogP contribution in [0.5, 0.6) is 0 Å². The molecule has 0 aliphatic rings. The van der Waals surface area contributed by atoms with Crippen LogP contribution in [0.2, 0.25) is 0 Å². The first kappa shape index (κ1) is 7.72. The molecule has 0 amide bonds. The molecule has 0 aromatic carbocycles. The first-order valence-corrected chi connectivity index (χ1v) is 3.71. The molecule has 2 rings (SSSR count). The van der Waals surface area contributed by atoms with Crippen LogP contribution in [-0.4, -0.2) is 15.8 Å². The van der Waals surface area contributed by atoms with E-state index >= 15 is 0 Å². The van der Waals surface area contributed by atoms with Gasteiger partial charge in [0.1, 0.15) is 11.8 Å². The van der Waals surface area contributed by atoms with Gasteiger partial charge < -0.3 is 9.21 Å². The van der Waals surface area contributed by atoms with Gasteiger partial charge in [-0.1, -0.05) is 0 Å². The van der Waals surface area contributed by atoms with Gasteiger partial charge in [-0.25, -0.2) is 9.78 Å². The third-order valence-corrected chi connectivity index (χ3v) is 1.70. The summed E-state index contributed by atoms with van der Waals surface area (Å²) in [5.74, 6) is -0.555. The number of rotatable bonds is 2. The maximum Gasteiger partial charge on any atom is 0.421 e. The van der Waals surface area contributed by atoms with Crippen LogP contribution in [0.25, 0.3) is 11.2 Å². The fraction of sp³-hybridized carbons (Fsp3) is 0.125. The van der Waals surface area contributed by atoms with Crippen molar-refractivity contribution in [2.75, 3.05) is 0 Å². The molecule has 2 aromatic heterocycles. The van der Waals surface area contributed by atoms with Gasteiger partial charge in [0.05, 0.1) is 6.54 Å². The molecule has 5 heteroatoms. The zero-order chi connectivity index (χ0) is 9.26. The quantitative estimate of drug-likeness (QED) is 0.615. The first-order valence-electron chi connectivity index (χ1n) is 3.71. The maximum atomic E-state index is 11.1. The number of aldehydes is 1. The number of pyridine rings is 1.